The molecule has 0 amide bonds. The van der Waals surface area contributed by atoms with Crippen LogP contribution in [0.1, 0.15) is 33.1 Å². The molecule has 4 nitrogen and oxygen atoms in total. The van der Waals surface area contributed by atoms with Crippen LogP contribution in [0.5, 0.6) is 0 Å². The van der Waals surface area contributed by atoms with E-state index in [1.54, 1.807) is 0 Å². The summed E-state index contributed by atoms with van der Waals surface area (Å²) in [6, 6.07) is 0. The third kappa shape index (κ3) is 5.97. The summed E-state index contributed by atoms with van der Waals surface area (Å²) in [5.74, 6) is 0. The second-order valence-corrected chi connectivity index (χ2v) is 2.63. The molecule has 0 radical (unpaired) electrons. The maximum absolute atomic E-state index is 10.7. The minimum absolute atomic E-state index is 0.0796. The fourth-order valence-electron chi connectivity index (χ4n) is 0.817. The van der Waals surface area contributed by atoms with Gasteiger partial charge in [-0.1, -0.05) is 19.8 Å². The first kappa shape index (κ1) is 11.2. The van der Waals surface area contributed by atoms with Gasteiger partial charge in [-0.2, -0.15) is 0 Å². The minimum atomic E-state index is -0.680. The van der Waals surface area contributed by atoms with Crippen LogP contribution in [0.3, 0.4) is 0 Å². The van der Waals surface area contributed by atoms with Gasteiger partial charge in [0.05, 0.1) is 0 Å². The van der Waals surface area contributed by atoms with Gasteiger partial charge in [-0.05, 0) is 13.3 Å². The number of carbonyl (C=O) groups is 1. The normalized spacial score (nSPS) is 12.2. The van der Waals surface area contributed by atoms with E-state index in [0.29, 0.717) is 0 Å². The Kier molecular flexibility index (Phi) is 6.47. The van der Waals surface area contributed by atoms with Gasteiger partial charge >= 0.3 is 6.16 Å². The zero-order valence-electron chi connectivity index (χ0n) is 7.71. The summed E-state index contributed by atoms with van der Waals surface area (Å²) >= 11 is 0. The van der Waals surface area contributed by atoms with Crippen LogP contribution in [-0.2, 0) is 9.47 Å². The van der Waals surface area contributed by atoms with Gasteiger partial charge in [0.25, 0.3) is 0 Å². The molecule has 0 aromatic heterocycles. The van der Waals surface area contributed by atoms with Crippen molar-refractivity contribution in [3.8, 4) is 0 Å². The lowest BCUT2D eigenvalue weighted by atomic mass is 10.2. The first-order valence-electron chi connectivity index (χ1n) is 4.24. The smallest absolute Gasteiger partial charge is 0.431 e. The van der Waals surface area contributed by atoms with E-state index >= 15 is 0 Å². The summed E-state index contributed by atoms with van der Waals surface area (Å²) in [7, 11) is 0. The van der Waals surface area contributed by atoms with Crippen molar-refractivity contribution < 1.29 is 14.3 Å². The number of ether oxygens (including phenoxy) is 2. The number of rotatable bonds is 5. The number of carbonyl (C=O) groups excluding carboxylic acids is 1. The lowest BCUT2D eigenvalue weighted by Gasteiger charge is -2.11. The molecule has 0 aliphatic rings. The van der Waals surface area contributed by atoms with Crippen molar-refractivity contribution in [2.24, 2.45) is 5.73 Å². The molecule has 0 fully saturated rings. The number of unbranched alkanes of at least 4 members (excludes halogenated alkanes) is 1. The molecule has 0 heterocycles. The van der Waals surface area contributed by atoms with Crippen molar-refractivity contribution in [1.82, 2.24) is 0 Å². The Balaban J connectivity index is 3.40. The maximum Gasteiger partial charge on any atom is 0.509 e. The van der Waals surface area contributed by atoms with Gasteiger partial charge in [-0.15, -0.1) is 0 Å². The molecule has 0 aromatic carbocycles. The standard InChI is InChI=1S/C8H17NO3/c1-3-4-5-7(2)12-8(10)11-6-9/h7H,3-6,9H2,1-2H3. The van der Waals surface area contributed by atoms with Crippen LogP contribution in [0.25, 0.3) is 0 Å². The fraction of sp³-hybridized carbons (Fsp3) is 0.875. The topological polar surface area (TPSA) is 61.5 Å². The zero-order chi connectivity index (χ0) is 9.40. The van der Waals surface area contributed by atoms with E-state index in [1.165, 1.54) is 0 Å². The van der Waals surface area contributed by atoms with E-state index in [2.05, 4.69) is 11.7 Å². The Morgan fingerprint density at radius 1 is 1.58 bits per heavy atom. The van der Waals surface area contributed by atoms with Gasteiger partial charge in [0.15, 0.2) is 0 Å². The predicted octanol–water partition coefficient (Wildman–Crippen LogP) is 1.63. The second kappa shape index (κ2) is 6.91. The zero-order valence-corrected chi connectivity index (χ0v) is 7.71. The SMILES string of the molecule is CCCCC(C)OC(=O)OCN. The number of nitrogens with two attached hydrogens (primary N) is 1. The Morgan fingerprint density at radius 2 is 2.25 bits per heavy atom. The molecule has 0 aliphatic heterocycles. The summed E-state index contributed by atoms with van der Waals surface area (Å²) in [6.07, 6.45) is 2.26. The third-order valence-electron chi connectivity index (χ3n) is 1.46. The Labute approximate surface area is 73.0 Å². The maximum atomic E-state index is 10.7. The lowest BCUT2D eigenvalue weighted by molar-refractivity contribution is 0.0275. The van der Waals surface area contributed by atoms with Crippen molar-refractivity contribution in [1.29, 1.82) is 0 Å². The fourth-order valence-corrected chi connectivity index (χ4v) is 0.817. The van der Waals surface area contributed by atoms with Crippen molar-refractivity contribution in [3.05, 3.63) is 0 Å². The average molecular weight is 175 g/mol. The molecule has 0 spiro atoms. The van der Waals surface area contributed by atoms with Crippen LogP contribution in [0.15, 0.2) is 0 Å². The molecule has 0 rings (SSSR count). The summed E-state index contributed by atoms with van der Waals surface area (Å²) in [6.45, 7) is 3.80. The molecular weight excluding hydrogens is 158 g/mol. The first-order chi connectivity index (χ1) is 5.70. The molecule has 0 aromatic rings. The van der Waals surface area contributed by atoms with E-state index in [1.807, 2.05) is 6.92 Å². The molecule has 1 unspecified atom stereocenters. The minimum Gasteiger partial charge on any atom is -0.431 e. The highest BCUT2D eigenvalue weighted by Gasteiger charge is 2.08. The molecule has 0 saturated heterocycles. The monoisotopic (exact) mass is 175 g/mol. The van der Waals surface area contributed by atoms with Gasteiger partial charge < -0.3 is 9.47 Å². The van der Waals surface area contributed by atoms with Gasteiger partial charge in [0.1, 0.15) is 12.8 Å². The van der Waals surface area contributed by atoms with Gasteiger partial charge in [0, 0.05) is 0 Å². The van der Waals surface area contributed by atoms with E-state index in [9.17, 15) is 4.79 Å². The Morgan fingerprint density at radius 3 is 2.75 bits per heavy atom. The van der Waals surface area contributed by atoms with Crippen molar-refractivity contribution in [3.63, 3.8) is 0 Å². The van der Waals surface area contributed by atoms with E-state index < -0.39 is 6.16 Å². The van der Waals surface area contributed by atoms with Gasteiger partial charge in [0.2, 0.25) is 0 Å². The van der Waals surface area contributed by atoms with E-state index in [4.69, 9.17) is 10.5 Å². The highest BCUT2D eigenvalue weighted by Crippen LogP contribution is 2.04. The molecule has 1 atom stereocenters. The van der Waals surface area contributed by atoms with Crippen LogP contribution >= 0.6 is 0 Å². The molecule has 12 heavy (non-hydrogen) atoms. The lowest BCUT2D eigenvalue weighted by Crippen LogP contribution is -2.18. The van der Waals surface area contributed by atoms with E-state index in [-0.39, 0.29) is 12.8 Å². The first-order valence-corrected chi connectivity index (χ1v) is 4.24. The van der Waals surface area contributed by atoms with Crippen LogP contribution in [0.2, 0.25) is 0 Å². The summed E-state index contributed by atoms with van der Waals surface area (Å²) in [4.78, 5) is 10.7. The van der Waals surface area contributed by atoms with Crippen LogP contribution < -0.4 is 5.73 Å². The summed E-state index contributed by atoms with van der Waals surface area (Å²) in [5.41, 5.74) is 4.98. The number of hydrogen-bond acceptors (Lipinski definition) is 4. The summed E-state index contributed by atoms with van der Waals surface area (Å²) in [5, 5.41) is 0. The van der Waals surface area contributed by atoms with Crippen molar-refractivity contribution >= 4 is 6.16 Å². The van der Waals surface area contributed by atoms with Crippen LogP contribution in [0, 0.1) is 0 Å². The predicted molar refractivity (Wildman–Crippen MR) is 45.6 cm³/mol. The van der Waals surface area contributed by atoms with E-state index in [0.717, 1.165) is 19.3 Å². The van der Waals surface area contributed by atoms with Gasteiger partial charge in [-0.25, -0.2) is 4.79 Å². The number of hydrogen-bond donors (Lipinski definition) is 1. The molecule has 0 aliphatic carbocycles. The highest BCUT2D eigenvalue weighted by atomic mass is 16.7. The summed E-state index contributed by atoms with van der Waals surface area (Å²) < 4.78 is 9.26. The average Bonchev–Trinajstić information content (AvgIpc) is 2.01. The van der Waals surface area contributed by atoms with Gasteiger partial charge in [-0.3, -0.25) is 5.73 Å². The van der Waals surface area contributed by atoms with Crippen molar-refractivity contribution in [2.45, 2.75) is 39.2 Å². The van der Waals surface area contributed by atoms with Crippen LogP contribution in [0.4, 0.5) is 4.79 Å². The molecule has 72 valence electrons. The largest absolute Gasteiger partial charge is 0.509 e. The quantitative estimate of drug-likeness (QED) is 0.509. The third-order valence-corrected chi connectivity index (χ3v) is 1.46. The molecule has 4 heteroatoms. The molecular formula is C8H17NO3. The highest BCUT2D eigenvalue weighted by molar-refractivity contribution is 5.59. The van der Waals surface area contributed by atoms with Crippen LogP contribution in [-0.4, -0.2) is 19.0 Å². The molecule has 2 N–H and O–H groups in total. The Bertz CT molecular complexity index is 127. The Hall–Kier alpha value is -0.770. The molecule has 0 bridgehead atoms. The molecule has 0 saturated carbocycles. The second-order valence-electron chi connectivity index (χ2n) is 2.63. The van der Waals surface area contributed by atoms with Crippen molar-refractivity contribution in [2.75, 3.05) is 6.73 Å².